The van der Waals surface area contributed by atoms with Crippen LogP contribution in [-0.4, -0.2) is 43.3 Å². The number of likely N-dealkylation sites (tertiary alicyclic amines) is 1. The van der Waals surface area contributed by atoms with E-state index >= 15 is 0 Å². The predicted molar refractivity (Wildman–Crippen MR) is 95.8 cm³/mol. The lowest BCUT2D eigenvalue weighted by molar-refractivity contribution is 0.108. The molecule has 6 nitrogen and oxygen atoms in total. The van der Waals surface area contributed by atoms with Crippen molar-refractivity contribution in [3.63, 3.8) is 0 Å². The van der Waals surface area contributed by atoms with Crippen LogP contribution in [-0.2, 0) is 4.74 Å². The number of urea groups is 1. The summed E-state index contributed by atoms with van der Waals surface area (Å²) in [5, 5.41) is 2.99. The summed E-state index contributed by atoms with van der Waals surface area (Å²) in [4.78, 5) is 27.7. The number of carbonyl (C=O) groups excluding carboxylic acids is 2. The highest BCUT2D eigenvalue weighted by Crippen LogP contribution is 2.36. The number of nitrogens with one attached hydrogen (secondary N) is 1. The van der Waals surface area contributed by atoms with Gasteiger partial charge in [-0.3, -0.25) is 4.90 Å². The van der Waals surface area contributed by atoms with Crippen LogP contribution in [0.2, 0.25) is 0 Å². The summed E-state index contributed by atoms with van der Waals surface area (Å²) >= 11 is 0. The molecule has 0 bridgehead atoms. The molecule has 25 heavy (non-hydrogen) atoms. The van der Waals surface area contributed by atoms with E-state index in [9.17, 15) is 9.59 Å². The van der Waals surface area contributed by atoms with Gasteiger partial charge >= 0.3 is 12.1 Å². The van der Waals surface area contributed by atoms with Gasteiger partial charge in [-0.2, -0.15) is 0 Å². The molecule has 0 radical (unpaired) electrons. The van der Waals surface area contributed by atoms with Crippen molar-refractivity contribution in [1.29, 1.82) is 0 Å². The predicted octanol–water partition coefficient (Wildman–Crippen LogP) is 3.69. The third-order valence-electron chi connectivity index (χ3n) is 5.77. The molecule has 2 saturated heterocycles. The van der Waals surface area contributed by atoms with E-state index in [1.807, 2.05) is 29.2 Å². The average Bonchev–Trinajstić information content (AvgIpc) is 3.08. The Morgan fingerprint density at radius 3 is 2.52 bits per heavy atom. The number of cyclic esters (lactones) is 1. The summed E-state index contributed by atoms with van der Waals surface area (Å²) in [6.45, 7) is 2.73. The molecule has 3 aliphatic rings. The highest BCUT2D eigenvalue weighted by atomic mass is 16.6. The summed E-state index contributed by atoms with van der Waals surface area (Å²) in [5.41, 5.74) is 1.55. The zero-order valence-corrected chi connectivity index (χ0v) is 14.4. The number of fused-ring (bicyclic) bond motifs is 1. The minimum absolute atomic E-state index is 0.0163. The Bertz CT molecular complexity index is 646. The van der Waals surface area contributed by atoms with Gasteiger partial charge in [0.15, 0.2) is 0 Å². The first-order valence-electron chi connectivity index (χ1n) is 9.31. The maximum absolute atomic E-state index is 12.6. The zero-order valence-electron chi connectivity index (χ0n) is 14.4. The topological polar surface area (TPSA) is 61.9 Å². The summed E-state index contributed by atoms with van der Waals surface area (Å²) in [6.07, 6.45) is 6.07. The smallest absolute Gasteiger partial charge is 0.414 e. The van der Waals surface area contributed by atoms with E-state index in [1.54, 1.807) is 4.90 Å². The molecule has 0 spiro atoms. The maximum Gasteiger partial charge on any atom is 0.414 e. The fourth-order valence-electron chi connectivity index (χ4n) is 4.34. The Labute approximate surface area is 148 Å². The van der Waals surface area contributed by atoms with Gasteiger partial charge in [-0.05, 0) is 48.9 Å². The van der Waals surface area contributed by atoms with Gasteiger partial charge in [-0.25, -0.2) is 9.59 Å². The molecule has 1 aliphatic carbocycles. The Morgan fingerprint density at radius 1 is 1.04 bits per heavy atom. The van der Waals surface area contributed by atoms with E-state index < -0.39 is 0 Å². The number of hydrogen-bond donors (Lipinski definition) is 1. The number of nitrogens with zero attached hydrogens (tertiary/aromatic N) is 2. The van der Waals surface area contributed by atoms with Gasteiger partial charge in [0.1, 0.15) is 6.61 Å². The van der Waals surface area contributed by atoms with Gasteiger partial charge in [-0.1, -0.05) is 19.3 Å². The molecule has 1 aromatic rings. The van der Waals surface area contributed by atoms with E-state index in [0.29, 0.717) is 19.1 Å². The molecule has 1 N–H and O–H groups in total. The van der Waals surface area contributed by atoms with Crippen LogP contribution in [0.4, 0.5) is 21.0 Å². The van der Waals surface area contributed by atoms with Crippen LogP contribution in [0.25, 0.3) is 0 Å². The third-order valence-corrected chi connectivity index (χ3v) is 5.77. The van der Waals surface area contributed by atoms with Crippen LogP contribution < -0.4 is 10.2 Å². The van der Waals surface area contributed by atoms with Gasteiger partial charge in [-0.15, -0.1) is 0 Å². The Hall–Kier alpha value is -2.24. The van der Waals surface area contributed by atoms with Crippen LogP contribution in [0, 0.1) is 11.8 Å². The van der Waals surface area contributed by atoms with Gasteiger partial charge in [0.25, 0.3) is 0 Å². The van der Waals surface area contributed by atoms with Crippen molar-refractivity contribution in [3.8, 4) is 0 Å². The van der Waals surface area contributed by atoms with E-state index in [1.165, 1.54) is 25.7 Å². The minimum atomic E-state index is -0.313. The summed E-state index contributed by atoms with van der Waals surface area (Å²) in [6, 6.07) is 7.35. The number of hydrogen-bond acceptors (Lipinski definition) is 3. The molecule has 6 heteroatoms. The zero-order chi connectivity index (χ0) is 17.2. The first kappa shape index (κ1) is 16.2. The van der Waals surface area contributed by atoms with Crippen molar-refractivity contribution in [2.75, 3.05) is 36.5 Å². The molecule has 2 atom stereocenters. The summed E-state index contributed by atoms with van der Waals surface area (Å²) < 4.78 is 4.95. The minimum Gasteiger partial charge on any atom is -0.447 e. The lowest BCUT2D eigenvalue weighted by atomic mass is 9.75. The Morgan fingerprint density at radius 2 is 1.80 bits per heavy atom. The van der Waals surface area contributed by atoms with E-state index in [2.05, 4.69) is 5.32 Å². The molecule has 1 saturated carbocycles. The first-order chi connectivity index (χ1) is 12.2. The number of carbonyl (C=O) groups is 2. The second-order valence-electron chi connectivity index (χ2n) is 7.28. The third kappa shape index (κ3) is 3.43. The van der Waals surface area contributed by atoms with E-state index in [0.717, 1.165) is 36.8 Å². The van der Waals surface area contributed by atoms with Crippen LogP contribution in [0.3, 0.4) is 0 Å². The van der Waals surface area contributed by atoms with Gasteiger partial charge in [0.05, 0.1) is 6.54 Å². The van der Waals surface area contributed by atoms with Crippen LogP contribution in [0.1, 0.15) is 32.1 Å². The molecule has 2 heterocycles. The molecule has 134 valence electrons. The molecule has 0 unspecified atom stereocenters. The van der Waals surface area contributed by atoms with Gasteiger partial charge < -0.3 is 15.0 Å². The first-order valence-corrected chi connectivity index (χ1v) is 9.31. The quantitative estimate of drug-likeness (QED) is 0.891. The van der Waals surface area contributed by atoms with E-state index in [4.69, 9.17) is 4.74 Å². The largest absolute Gasteiger partial charge is 0.447 e. The van der Waals surface area contributed by atoms with E-state index in [-0.39, 0.29) is 12.1 Å². The Kier molecular flexibility index (Phi) is 4.51. The van der Waals surface area contributed by atoms with Gasteiger partial charge in [0.2, 0.25) is 0 Å². The number of benzene rings is 1. The molecule has 3 fully saturated rings. The molecule has 3 amide bonds. The van der Waals surface area contributed by atoms with Crippen molar-refractivity contribution in [1.82, 2.24) is 4.90 Å². The number of rotatable bonds is 2. The second kappa shape index (κ2) is 6.94. The fraction of sp³-hybridized carbons (Fsp3) is 0.579. The van der Waals surface area contributed by atoms with Crippen molar-refractivity contribution in [2.24, 2.45) is 11.8 Å². The van der Waals surface area contributed by atoms with Gasteiger partial charge in [0, 0.05) is 24.5 Å². The monoisotopic (exact) mass is 343 g/mol. The van der Waals surface area contributed by atoms with Crippen LogP contribution in [0.5, 0.6) is 0 Å². The lowest BCUT2D eigenvalue weighted by Crippen LogP contribution is -2.46. The molecule has 2 aliphatic heterocycles. The SMILES string of the molecule is O=C(Nc1ccc(N2CCOC2=O)cc1)N1CC[C@H]2CCCC[C@H]2C1. The molecule has 4 rings (SSSR count). The van der Waals surface area contributed by atoms with Crippen molar-refractivity contribution in [2.45, 2.75) is 32.1 Å². The van der Waals surface area contributed by atoms with Crippen LogP contribution >= 0.6 is 0 Å². The second-order valence-corrected chi connectivity index (χ2v) is 7.28. The average molecular weight is 343 g/mol. The molecular weight excluding hydrogens is 318 g/mol. The standard InChI is InChI=1S/C19H25N3O3/c23-18(21-10-9-14-3-1-2-4-15(14)13-21)20-16-5-7-17(8-6-16)22-11-12-25-19(22)24/h5-8,14-15H,1-4,9-13H2,(H,20,23)/t14-,15+/m1/s1. The number of anilines is 2. The summed E-state index contributed by atoms with van der Waals surface area (Å²) in [7, 11) is 0. The summed E-state index contributed by atoms with van der Waals surface area (Å²) in [5.74, 6) is 1.49. The number of piperidine rings is 1. The molecule has 1 aromatic carbocycles. The van der Waals surface area contributed by atoms with Crippen molar-refractivity contribution < 1.29 is 14.3 Å². The number of amides is 3. The highest BCUT2D eigenvalue weighted by Gasteiger charge is 2.33. The Balaban J connectivity index is 1.35. The molecule has 0 aromatic heterocycles. The lowest BCUT2D eigenvalue weighted by Gasteiger charge is -2.41. The van der Waals surface area contributed by atoms with Crippen LogP contribution in [0.15, 0.2) is 24.3 Å². The fourth-order valence-corrected chi connectivity index (χ4v) is 4.34. The highest BCUT2D eigenvalue weighted by molar-refractivity contribution is 5.91. The number of ether oxygens (including phenoxy) is 1. The van der Waals surface area contributed by atoms with Crippen molar-refractivity contribution in [3.05, 3.63) is 24.3 Å². The molecular formula is C19H25N3O3. The maximum atomic E-state index is 12.6. The normalized spacial score (nSPS) is 26.2. The van der Waals surface area contributed by atoms with Crippen molar-refractivity contribution >= 4 is 23.5 Å².